The molecule has 7 atom stereocenters. The van der Waals surface area contributed by atoms with Crippen molar-refractivity contribution in [2.24, 2.45) is 11.8 Å². The fraction of sp³-hybridized carbons (Fsp3) is 0.500. The number of likely N-dealkylation sites (tertiary alicyclic amines) is 1. The molecule has 46 heavy (non-hydrogen) atoms. The molecule has 5 rings (SSSR count). The minimum Gasteiger partial charge on any atom is -0.488 e. The van der Waals surface area contributed by atoms with Gasteiger partial charge in [-0.2, -0.15) is 0 Å². The van der Waals surface area contributed by atoms with Gasteiger partial charge in [0.15, 0.2) is 0 Å². The lowest BCUT2D eigenvalue weighted by Crippen LogP contribution is -2.61. The second-order valence-electron chi connectivity index (χ2n) is 12.7. The summed E-state index contributed by atoms with van der Waals surface area (Å²) >= 11 is 0. The third kappa shape index (κ3) is 8.34. The van der Waals surface area contributed by atoms with Gasteiger partial charge in [0.05, 0.1) is 6.04 Å². The van der Waals surface area contributed by atoms with E-state index in [4.69, 9.17) is 4.74 Å². The van der Waals surface area contributed by atoms with Gasteiger partial charge >= 0.3 is 0 Å². The molecule has 7 unspecified atom stereocenters. The first-order valence-corrected chi connectivity index (χ1v) is 16.4. The Hall–Kier alpha value is -4.18. The quantitative estimate of drug-likeness (QED) is 0.370. The van der Waals surface area contributed by atoms with Gasteiger partial charge in [0.25, 0.3) is 0 Å². The smallest absolute Gasteiger partial charge is 0.247 e. The summed E-state index contributed by atoms with van der Waals surface area (Å²) < 4.78 is 6.35. The minimum atomic E-state index is -0.998. The Morgan fingerprint density at radius 3 is 2.33 bits per heavy atom. The second kappa shape index (κ2) is 15.9. The molecule has 0 spiro atoms. The number of nitrogens with zero attached hydrogens (tertiary/aromatic N) is 2. The maximum Gasteiger partial charge on any atom is 0.247 e. The Kier molecular flexibility index (Phi) is 12.0. The zero-order chi connectivity index (χ0) is 33.4. The van der Waals surface area contributed by atoms with E-state index in [1.54, 1.807) is 12.3 Å². The van der Waals surface area contributed by atoms with Gasteiger partial charge in [-0.15, -0.1) is 0 Å². The van der Waals surface area contributed by atoms with Crippen LogP contribution in [0.2, 0.25) is 0 Å². The van der Waals surface area contributed by atoms with E-state index >= 15 is 0 Å². The molecule has 0 aliphatic carbocycles. The van der Waals surface area contributed by atoms with E-state index in [0.29, 0.717) is 31.4 Å². The van der Waals surface area contributed by atoms with Crippen LogP contribution in [0.3, 0.4) is 0 Å². The number of hydrogen-bond acceptors (Lipinski definition) is 6. The Bertz CT molecular complexity index is 1380. The summed E-state index contributed by atoms with van der Waals surface area (Å²) in [7, 11) is 3.70. The molecule has 10 nitrogen and oxygen atoms in total. The number of hydrogen-bond donors (Lipinski definition) is 3. The van der Waals surface area contributed by atoms with Crippen LogP contribution in [0, 0.1) is 11.8 Å². The molecule has 1 fully saturated rings. The highest BCUT2D eigenvalue weighted by Gasteiger charge is 2.47. The number of carbonyl (C=O) groups excluding carboxylic acids is 4. The van der Waals surface area contributed by atoms with Crippen LogP contribution in [0.1, 0.15) is 58.1 Å². The number of nitrogens with one attached hydrogen (secondary N) is 3. The molecule has 2 aromatic carbocycles. The van der Waals surface area contributed by atoms with Crippen LogP contribution in [0.15, 0.2) is 60.8 Å². The lowest BCUT2D eigenvalue weighted by molar-refractivity contribution is -0.145. The average Bonchev–Trinajstić information content (AvgIpc) is 3.48. The van der Waals surface area contributed by atoms with Gasteiger partial charge in [0, 0.05) is 19.2 Å². The number of rotatable bonds is 10. The number of likely N-dealkylation sites (N-methyl/N-ethyl adjacent to an activating group) is 1. The molecule has 248 valence electrons. The standard InChI is InChI=1S/C36H49N5O5/c1-7-23(3)30-34(43)37-20-18-25-14-16-27(17-15-25)46-29-19-21-41(32(29)35(44)38-30)36(45)31(24(4)8-2)39-33(42)28(40(5)6)22-26-12-10-9-11-13-26/h9-18,20,23-24,28-32H,7-8,19,21-22H2,1-6H3,(H,37,43)(H,38,44)(H,39,42)/b20-18+. The predicted molar refractivity (Wildman–Crippen MR) is 179 cm³/mol. The molecule has 3 aliphatic heterocycles. The Balaban J connectivity index is 1.64. The maximum absolute atomic E-state index is 14.4. The largest absolute Gasteiger partial charge is 0.488 e. The zero-order valence-corrected chi connectivity index (χ0v) is 27.9. The van der Waals surface area contributed by atoms with E-state index in [9.17, 15) is 19.2 Å². The summed E-state index contributed by atoms with van der Waals surface area (Å²) in [6, 6.07) is 14.0. The molecule has 2 aromatic rings. The molecule has 3 N–H and O–H groups in total. The SMILES string of the molecule is CCC(C)C1NC(=O)C2C(CCN2C(=O)C(NC(=O)C(Cc2ccccc2)N(C)C)C(C)CC)Oc2ccc(cc2)/C=C/NC1=O. The van der Waals surface area contributed by atoms with Crippen LogP contribution >= 0.6 is 0 Å². The highest BCUT2D eigenvalue weighted by atomic mass is 16.5. The first kappa shape index (κ1) is 34.7. The number of ether oxygens (including phenoxy) is 1. The first-order valence-electron chi connectivity index (χ1n) is 16.4. The van der Waals surface area contributed by atoms with Gasteiger partial charge in [-0.05, 0) is 61.7 Å². The third-order valence-electron chi connectivity index (χ3n) is 9.33. The minimum absolute atomic E-state index is 0.159. The lowest BCUT2D eigenvalue weighted by atomic mass is 9.95. The topological polar surface area (TPSA) is 120 Å². The summed E-state index contributed by atoms with van der Waals surface area (Å²) in [5.41, 5.74) is 1.89. The number of fused-ring (bicyclic) bond motifs is 7. The normalized spacial score (nSPS) is 23.2. The van der Waals surface area contributed by atoms with Crippen molar-refractivity contribution in [3.63, 3.8) is 0 Å². The fourth-order valence-electron chi connectivity index (χ4n) is 5.99. The molecular weight excluding hydrogens is 582 g/mol. The summed E-state index contributed by atoms with van der Waals surface area (Å²) in [5, 5.41) is 8.82. The van der Waals surface area contributed by atoms with Crippen LogP contribution in [0.25, 0.3) is 6.08 Å². The molecule has 0 radical (unpaired) electrons. The fourth-order valence-corrected chi connectivity index (χ4v) is 5.99. The summed E-state index contributed by atoms with van der Waals surface area (Å²) in [5.74, 6) is -1.16. The second-order valence-corrected chi connectivity index (χ2v) is 12.7. The number of benzene rings is 2. The Morgan fingerprint density at radius 1 is 1.00 bits per heavy atom. The van der Waals surface area contributed by atoms with E-state index in [0.717, 1.165) is 11.1 Å². The molecule has 0 aromatic heterocycles. The summed E-state index contributed by atoms with van der Waals surface area (Å²) in [6.07, 6.45) is 4.91. The van der Waals surface area contributed by atoms with E-state index in [1.165, 1.54) is 4.90 Å². The molecule has 3 aliphatic rings. The molecule has 4 amide bonds. The van der Waals surface area contributed by atoms with Gasteiger partial charge in [-0.25, -0.2) is 0 Å². The van der Waals surface area contributed by atoms with Crippen molar-refractivity contribution in [2.45, 2.75) is 83.6 Å². The highest BCUT2D eigenvalue weighted by molar-refractivity contribution is 5.96. The van der Waals surface area contributed by atoms with Crippen molar-refractivity contribution >= 4 is 29.7 Å². The van der Waals surface area contributed by atoms with Crippen molar-refractivity contribution in [1.82, 2.24) is 25.8 Å². The van der Waals surface area contributed by atoms with Gasteiger partial charge in [0.1, 0.15) is 30.0 Å². The molecule has 2 bridgehead atoms. The van der Waals surface area contributed by atoms with Gasteiger partial charge in [0.2, 0.25) is 23.6 Å². The van der Waals surface area contributed by atoms with Crippen molar-refractivity contribution in [3.8, 4) is 5.75 Å². The Morgan fingerprint density at radius 2 is 1.70 bits per heavy atom. The summed E-state index contributed by atoms with van der Waals surface area (Å²) in [4.78, 5) is 59.0. The van der Waals surface area contributed by atoms with Crippen LogP contribution < -0.4 is 20.7 Å². The average molecular weight is 632 g/mol. The number of amides is 4. The molecule has 1 saturated heterocycles. The van der Waals surface area contributed by atoms with Crippen LogP contribution in [-0.2, 0) is 25.6 Å². The van der Waals surface area contributed by atoms with E-state index < -0.39 is 36.2 Å². The number of carbonyl (C=O) groups is 4. The first-order chi connectivity index (χ1) is 22.0. The van der Waals surface area contributed by atoms with E-state index in [2.05, 4.69) is 16.0 Å². The maximum atomic E-state index is 14.4. The molecular formula is C36H49N5O5. The monoisotopic (exact) mass is 631 g/mol. The van der Waals surface area contributed by atoms with Crippen LogP contribution in [-0.4, -0.2) is 84.3 Å². The molecule has 10 heteroatoms. The van der Waals surface area contributed by atoms with Gasteiger partial charge in [-0.1, -0.05) is 83.0 Å². The van der Waals surface area contributed by atoms with Crippen molar-refractivity contribution in [3.05, 3.63) is 71.9 Å². The zero-order valence-electron chi connectivity index (χ0n) is 27.9. The third-order valence-corrected chi connectivity index (χ3v) is 9.33. The highest BCUT2D eigenvalue weighted by Crippen LogP contribution is 2.28. The van der Waals surface area contributed by atoms with E-state index in [-0.39, 0.29) is 36.1 Å². The van der Waals surface area contributed by atoms with Crippen molar-refractivity contribution in [2.75, 3.05) is 20.6 Å². The molecule has 0 saturated carbocycles. The van der Waals surface area contributed by atoms with E-state index in [1.807, 2.05) is 101 Å². The lowest BCUT2D eigenvalue weighted by Gasteiger charge is -2.35. The van der Waals surface area contributed by atoms with Gasteiger partial charge in [-0.3, -0.25) is 24.1 Å². The Labute approximate surface area is 272 Å². The van der Waals surface area contributed by atoms with Crippen molar-refractivity contribution in [1.29, 1.82) is 0 Å². The van der Waals surface area contributed by atoms with Crippen LogP contribution in [0.5, 0.6) is 5.75 Å². The van der Waals surface area contributed by atoms with Gasteiger partial charge < -0.3 is 25.6 Å². The summed E-state index contributed by atoms with van der Waals surface area (Å²) in [6.45, 7) is 8.04. The molecule has 3 heterocycles. The predicted octanol–water partition coefficient (Wildman–Crippen LogP) is 3.37. The van der Waals surface area contributed by atoms with Crippen molar-refractivity contribution < 1.29 is 23.9 Å². The van der Waals surface area contributed by atoms with Crippen LogP contribution in [0.4, 0.5) is 0 Å².